The van der Waals surface area contributed by atoms with Crippen molar-refractivity contribution in [2.75, 3.05) is 23.5 Å². The number of aliphatic hydroxyl groups excluding tert-OH is 1. The smallest absolute Gasteiger partial charge is 0.409 e. The highest BCUT2D eigenvalue weighted by atomic mass is 32.2. The Morgan fingerprint density at radius 3 is 2.81 bits per heavy atom. The van der Waals surface area contributed by atoms with E-state index in [1.54, 1.807) is 18.2 Å². The van der Waals surface area contributed by atoms with Gasteiger partial charge in [0.2, 0.25) is 11.8 Å². The van der Waals surface area contributed by atoms with Crippen molar-refractivity contribution < 1.29 is 24.5 Å². The second-order valence-electron chi connectivity index (χ2n) is 8.34. The van der Waals surface area contributed by atoms with Gasteiger partial charge in [-0.15, -0.1) is 11.8 Å². The van der Waals surface area contributed by atoms with Crippen LogP contribution in [0, 0.1) is 0 Å². The Hall–Kier alpha value is -3.48. The van der Waals surface area contributed by atoms with Crippen LogP contribution in [-0.2, 0) is 11.3 Å². The fraction of sp³-hybridized carbons (Fsp3) is 0.375. The zero-order valence-corrected chi connectivity index (χ0v) is 20.5. The molecule has 0 saturated heterocycles. The van der Waals surface area contributed by atoms with Gasteiger partial charge in [0.1, 0.15) is 11.3 Å². The number of nitrogens with zero attached hydrogens (tertiary/aromatic N) is 3. The third kappa shape index (κ3) is 6.59. The summed E-state index contributed by atoms with van der Waals surface area (Å²) in [6.45, 7) is 0.621. The van der Waals surface area contributed by atoms with E-state index in [2.05, 4.69) is 30.9 Å². The van der Waals surface area contributed by atoms with Crippen LogP contribution in [0.3, 0.4) is 0 Å². The predicted octanol–water partition coefficient (Wildman–Crippen LogP) is 3.25. The molecule has 3 aromatic heterocycles. The maximum atomic E-state index is 11.4. The first-order chi connectivity index (χ1) is 17.4. The number of thioether (sulfide) groups is 1. The number of anilines is 2. The van der Waals surface area contributed by atoms with Crippen LogP contribution >= 0.6 is 11.8 Å². The minimum Gasteiger partial charge on any atom is -0.481 e. The number of amides is 2. The number of hydrogen-bond acceptors (Lipinski definition) is 9. The molecular formula is C24H28N6O5S. The lowest BCUT2D eigenvalue weighted by atomic mass is 9.92. The summed E-state index contributed by atoms with van der Waals surface area (Å²) in [7, 11) is 1.49. The second-order valence-corrected chi connectivity index (χ2v) is 9.35. The summed E-state index contributed by atoms with van der Waals surface area (Å²) in [6.07, 6.45) is 4.29. The molecule has 0 aromatic carbocycles. The van der Waals surface area contributed by atoms with Crippen LogP contribution in [0.4, 0.5) is 16.3 Å². The van der Waals surface area contributed by atoms with E-state index in [-0.39, 0.29) is 18.1 Å². The van der Waals surface area contributed by atoms with Gasteiger partial charge in [-0.1, -0.05) is 12.8 Å². The average molecular weight is 513 g/mol. The van der Waals surface area contributed by atoms with Gasteiger partial charge < -0.3 is 25.6 Å². The average Bonchev–Trinajstić information content (AvgIpc) is 2.88. The summed E-state index contributed by atoms with van der Waals surface area (Å²) in [5, 5.41) is 27.0. The van der Waals surface area contributed by atoms with Crippen LogP contribution in [0.25, 0.3) is 11.0 Å². The molecular weight excluding hydrogens is 484 g/mol. The highest BCUT2D eigenvalue weighted by Gasteiger charge is 2.23. The maximum Gasteiger partial charge on any atom is 0.409 e. The Morgan fingerprint density at radius 1 is 1.19 bits per heavy atom. The van der Waals surface area contributed by atoms with E-state index in [1.165, 1.54) is 31.5 Å². The number of carbonyl (C=O) groups is 2. The molecule has 1 fully saturated rings. The van der Waals surface area contributed by atoms with Crippen molar-refractivity contribution in [3.05, 3.63) is 42.2 Å². The van der Waals surface area contributed by atoms with Gasteiger partial charge in [0.25, 0.3) is 0 Å². The van der Waals surface area contributed by atoms with Crippen LogP contribution in [0.15, 0.2) is 41.4 Å². The normalized spacial score (nSPS) is 18.9. The van der Waals surface area contributed by atoms with E-state index < -0.39 is 6.09 Å². The van der Waals surface area contributed by atoms with Gasteiger partial charge in [-0.05, 0) is 37.1 Å². The number of methoxy groups -OCH3 is 1. The molecule has 1 aliphatic carbocycles. The Morgan fingerprint density at radius 2 is 2.03 bits per heavy atom. The molecule has 5 N–H and O–H groups in total. The first-order valence-electron chi connectivity index (χ1n) is 11.6. The lowest BCUT2D eigenvalue weighted by molar-refractivity contribution is -0.113. The minimum atomic E-state index is -1.14. The number of nitrogens with one attached hydrogen (secondary N) is 3. The molecule has 11 nitrogen and oxygen atoms in total. The van der Waals surface area contributed by atoms with Gasteiger partial charge in [-0.25, -0.2) is 14.8 Å². The standard InChI is InChI=1S/C14H19N3O2S.C10H9N3O3/c18-11-4-2-1-3-10(11)15-7-9-5-6-12-14(16-9)17-13(19)8-20-12;1-16-8-3-2-6-9(13-8)7(4-5-11-6)12-10(14)15/h5-6,10-11,15,18H,1-4,7-8H2,(H,16,17,19);2-5H,1H3,(H,11,12)(H,14,15)/t10-,11-;/m0./s1. The van der Waals surface area contributed by atoms with Crippen molar-refractivity contribution in [1.29, 1.82) is 0 Å². The first-order valence-corrected chi connectivity index (χ1v) is 12.5. The zero-order chi connectivity index (χ0) is 25.5. The lowest BCUT2D eigenvalue weighted by Gasteiger charge is -2.28. The summed E-state index contributed by atoms with van der Waals surface area (Å²) in [5.41, 5.74) is 2.34. The Bertz CT molecular complexity index is 1240. The van der Waals surface area contributed by atoms with Crippen molar-refractivity contribution in [2.45, 2.75) is 49.3 Å². The number of pyridine rings is 3. The quantitative estimate of drug-likeness (QED) is 0.343. The number of ether oxygens (including phenoxy) is 1. The van der Waals surface area contributed by atoms with Crippen molar-refractivity contribution >= 4 is 46.3 Å². The van der Waals surface area contributed by atoms with Gasteiger partial charge in [-0.3, -0.25) is 15.1 Å². The van der Waals surface area contributed by atoms with Gasteiger partial charge in [0.05, 0.1) is 40.8 Å². The summed E-state index contributed by atoms with van der Waals surface area (Å²) >= 11 is 1.52. The van der Waals surface area contributed by atoms with Crippen LogP contribution in [0.1, 0.15) is 31.4 Å². The van der Waals surface area contributed by atoms with E-state index in [0.29, 0.717) is 40.7 Å². The first kappa shape index (κ1) is 25.6. The van der Waals surface area contributed by atoms with Crippen molar-refractivity contribution in [3.8, 4) is 5.88 Å². The van der Waals surface area contributed by atoms with Crippen LogP contribution in [0.5, 0.6) is 5.88 Å². The van der Waals surface area contributed by atoms with Crippen LogP contribution in [-0.4, -0.2) is 62.2 Å². The number of fused-ring (bicyclic) bond motifs is 2. The second kappa shape index (κ2) is 12.0. The molecule has 5 rings (SSSR count). The van der Waals surface area contributed by atoms with E-state index in [0.717, 1.165) is 29.9 Å². The van der Waals surface area contributed by atoms with E-state index >= 15 is 0 Å². The molecule has 1 aliphatic heterocycles. The van der Waals surface area contributed by atoms with Crippen molar-refractivity contribution in [3.63, 3.8) is 0 Å². The molecule has 2 aliphatic rings. The number of hydrogen-bond donors (Lipinski definition) is 5. The molecule has 12 heteroatoms. The molecule has 1 saturated carbocycles. The monoisotopic (exact) mass is 512 g/mol. The van der Waals surface area contributed by atoms with Gasteiger partial charge in [-0.2, -0.15) is 0 Å². The molecule has 0 bridgehead atoms. The summed E-state index contributed by atoms with van der Waals surface area (Å²) in [5.74, 6) is 1.53. The molecule has 0 spiro atoms. The topological polar surface area (TPSA) is 159 Å². The van der Waals surface area contributed by atoms with Crippen molar-refractivity contribution in [1.82, 2.24) is 20.3 Å². The van der Waals surface area contributed by atoms with E-state index in [1.807, 2.05) is 12.1 Å². The molecule has 190 valence electrons. The lowest BCUT2D eigenvalue weighted by Crippen LogP contribution is -2.41. The molecule has 36 heavy (non-hydrogen) atoms. The van der Waals surface area contributed by atoms with Crippen LogP contribution < -0.4 is 20.7 Å². The molecule has 2 atom stereocenters. The van der Waals surface area contributed by atoms with Gasteiger partial charge in [0.15, 0.2) is 0 Å². The number of aliphatic hydroxyl groups is 1. The fourth-order valence-corrected chi connectivity index (χ4v) is 4.78. The summed E-state index contributed by atoms with van der Waals surface area (Å²) in [6, 6.07) is 9.06. The van der Waals surface area contributed by atoms with Crippen molar-refractivity contribution in [2.24, 2.45) is 0 Å². The Labute approximate surface area is 212 Å². The number of carboxylic acid groups (broad SMARTS) is 1. The summed E-state index contributed by atoms with van der Waals surface area (Å²) in [4.78, 5) is 35.6. The van der Waals surface area contributed by atoms with Crippen LogP contribution in [0.2, 0.25) is 0 Å². The fourth-order valence-electron chi connectivity index (χ4n) is 4.02. The molecule has 3 aromatic rings. The predicted molar refractivity (Wildman–Crippen MR) is 136 cm³/mol. The highest BCUT2D eigenvalue weighted by molar-refractivity contribution is 8.00. The highest BCUT2D eigenvalue weighted by Crippen LogP contribution is 2.29. The number of rotatable bonds is 5. The molecule has 0 radical (unpaired) electrons. The minimum absolute atomic E-state index is 0.00260. The SMILES string of the molecule is COc1ccc2nccc(NC(=O)O)c2n1.O=C1CSc2ccc(CN[C@H]3CCCC[C@@H]3O)nc2N1. The van der Waals surface area contributed by atoms with Gasteiger partial charge in [0, 0.05) is 24.8 Å². The third-order valence-corrected chi connectivity index (χ3v) is 6.86. The molecule has 2 amide bonds. The summed E-state index contributed by atoms with van der Waals surface area (Å²) < 4.78 is 4.97. The number of carbonyl (C=O) groups excluding carboxylic acids is 1. The van der Waals surface area contributed by atoms with E-state index in [4.69, 9.17) is 9.84 Å². The Kier molecular flexibility index (Phi) is 8.52. The molecule has 0 unspecified atom stereocenters. The number of aromatic nitrogens is 3. The third-order valence-electron chi connectivity index (χ3n) is 5.82. The molecule has 4 heterocycles. The van der Waals surface area contributed by atoms with Gasteiger partial charge >= 0.3 is 6.09 Å². The largest absolute Gasteiger partial charge is 0.481 e. The Balaban J connectivity index is 0.000000174. The maximum absolute atomic E-state index is 11.4. The van der Waals surface area contributed by atoms with E-state index in [9.17, 15) is 14.7 Å². The zero-order valence-electron chi connectivity index (χ0n) is 19.7.